The molecule has 4 aromatic rings. The Morgan fingerprint density at radius 3 is 2.50 bits per heavy atom. The normalized spacial score (nSPS) is 15.9. The van der Waals surface area contributed by atoms with E-state index in [9.17, 15) is 14.4 Å². The van der Waals surface area contributed by atoms with Crippen LogP contribution in [-0.2, 0) is 4.79 Å². The molecule has 0 spiro atoms. The highest BCUT2D eigenvalue weighted by Gasteiger charge is 2.34. The lowest BCUT2D eigenvalue weighted by Gasteiger charge is -2.39. The van der Waals surface area contributed by atoms with Crippen molar-refractivity contribution < 1.29 is 14.4 Å². The van der Waals surface area contributed by atoms with Crippen molar-refractivity contribution in [3.8, 4) is 11.4 Å². The first kappa shape index (κ1) is 23.7. The van der Waals surface area contributed by atoms with E-state index >= 15 is 0 Å². The highest BCUT2D eigenvalue weighted by molar-refractivity contribution is 6.45. The monoisotopic (exact) mass is 504 g/mol. The van der Waals surface area contributed by atoms with Crippen molar-refractivity contribution in [2.45, 2.75) is 26.8 Å². The van der Waals surface area contributed by atoms with Crippen LogP contribution < -0.4 is 0 Å². The number of H-pyrrole nitrogens is 2. The second kappa shape index (κ2) is 9.23. The fourth-order valence-corrected chi connectivity index (χ4v) is 4.75. The molecule has 9 nitrogen and oxygen atoms in total. The molecule has 3 aromatic heterocycles. The molecule has 1 fully saturated rings. The zero-order valence-electron chi connectivity index (χ0n) is 20.1. The van der Waals surface area contributed by atoms with E-state index in [-0.39, 0.29) is 29.2 Å². The van der Waals surface area contributed by atoms with Crippen LogP contribution in [-0.4, -0.2) is 73.0 Å². The van der Waals surface area contributed by atoms with Gasteiger partial charge in [-0.2, -0.15) is 0 Å². The lowest BCUT2D eigenvalue weighted by atomic mass is 10.1. The molecule has 0 saturated carbocycles. The topological polar surface area (TPSA) is 115 Å². The van der Waals surface area contributed by atoms with Gasteiger partial charge in [-0.3, -0.25) is 14.4 Å². The molecule has 184 valence electrons. The Balaban J connectivity index is 1.38. The summed E-state index contributed by atoms with van der Waals surface area (Å²) in [6.07, 6.45) is 1.49. The zero-order chi connectivity index (χ0) is 25.6. The van der Waals surface area contributed by atoms with Gasteiger partial charge in [0.1, 0.15) is 16.5 Å². The number of amides is 2. The number of nitrogens with zero attached hydrogens (tertiary/aromatic N) is 4. The van der Waals surface area contributed by atoms with Gasteiger partial charge in [0.25, 0.3) is 17.6 Å². The number of pyridine rings is 1. The van der Waals surface area contributed by atoms with Crippen molar-refractivity contribution in [3.63, 3.8) is 0 Å². The number of benzene rings is 1. The third-order valence-electron chi connectivity index (χ3n) is 6.62. The van der Waals surface area contributed by atoms with E-state index in [1.165, 1.54) is 11.1 Å². The number of piperazine rings is 1. The molecule has 5 rings (SSSR count). The molecule has 0 radical (unpaired) electrons. The largest absolute Gasteiger partial charge is 0.358 e. The molecule has 0 bridgehead atoms. The fourth-order valence-electron chi connectivity index (χ4n) is 4.56. The highest BCUT2D eigenvalue weighted by atomic mass is 35.5. The third-order valence-corrected chi connectivity index (χ3v) is 6.82. The number of carbonyl (C=O) groups excluding carboxylic acids is 3. The van der Waals surface area contributed by atoms with E-state index in [0.717, 1.165) is 11.4 Å². The summed E-state index contributed by atoms with van der Waals surface area (Å²) < 4.78 is 0. The van der Waals surface area contributed by atoms with E-state index in [2.05, 4.69) is 19.9 Å². The minimum Gasteiger partial charge on any atom is -0.358 e. The summed E-state index contributed by atoms with van der Waals surface area (Å²) in [7, 11) is 0. The molecule has 0 aliphatic carbocycles. The lowest BCUT2D eigenvalue weighted by molar-refractivity contribution is -0.130. The maximum Gasteiger partial charge on any atom is 0.295 e. The Labute approximate surface area is 212 Å². The SMILES string of the molecule is Cc1nc(-c2cc(Cl)nc3c(C(=O)C(=O)N4CCN(C(=O)c5ccccc5)CC4C)c[nH]c23)[nH]c1C. The van der Waals surface area contributed by atoms with Crippen molar-refractivity contribution >= 4 is 40.2 Å². The number of rotatable bonds is 4. The highest BCUT2D eigenvalue weighted by Crippen LogP contribution is 2.30. The van der Waals surface area contributed by atoms with Gasteiger partial charge in [0.15, 0.2) is 0 Å². The van der Waals surface area contributed by atoms with Gasteiger partial charge in [-0.25, -0.2) is 9.97 Å². The smallest absolute Gasteiger partial charge is 0.295 e. The van der Waals surface area contributed by atoms with Gasteiger partial charge < -0.3 is 19.8 Å². The number of ketones is 1. The molecular weight excluding hydrogens is 480 g/mol. The Kier molecular flexibility index (Phi) is 6.09. The van der Waals surface area contributed by atoms with E-state index in [1.807, 2.05) is 39.0 Å². The number of fused-ring (bicyclic) bond motifs is 1. The third kappa shape index (κ3) is 4.15. The van der Waals surface area contributed by atoms with Gasteiger partial charge >= 0.3 is 0 Å². The number of nitrogens with one attached hydrogen (secondary N) is 2. The maximum absolute atomic E-state index is 13.3. The predicted molar refractivity (Wildman–Crippen MR) is 136 cm³/mol. The second-order valence-corrected chi connectivity index (χ2v) is 9.40. The van der Waals surface area contributed by atoms with Crippen LogP contribution in [0.4, 0.5) is 0 Å². The van der Waals surface area contributed by atoms with Gasteiger partial charge in [-0.15, -0.1) is 0 Å². The summed E-state index contributed by atoms with van der Waals surface area (Å²) in [5, 5.41) is 0.187. The van der Waals surface area contributed by atoms with Gasteiger partial charge in [-0.1, -0.05) is 29.8 Å². The molecule has 1 atom stereocenters. The second-order valence-electron chi connectivity index (χ2n) is 9.01. The van der Waals surface area contributed by atoms with Crippen molar-refractivity contribution in [1.82, 2.24) is 29.7 Å². The number of carbonyl (C=O) groups is 3. The number of aromatic nitrogens is 4. The van der Waals surface area contributed by atoms with Crippen LogP contribution in [0.15, 0.2) is 42.6 Å². The Morgan fingerprint density at radius 1 is 1.08 bits per heavy atom. The lowest BCUT2D eigenvalue weighted by Crippen LogP contribution is -2.56. The summed E-state index contributed by atoms with van der Waals surface area (Å²) in [6, 6.07) is 10.4. The standard InChI is InChI=1S/C26H25ClN6O3/c1-14-13-32(25(35)17-7-5-4-6-8-17)9-10-33(14)26(36)23(34)19-12-28-21-18(11-20(27)31-22(19)21)24-29-15(2)16(3)30-24/h4-8,11-12,14,28H,9-10,13H2,1-3H3,(H,29,30). The van der Waals surface area contributed by atoms with Crippen molar-refractivity contribution in [2.75, 3.05) is 19.6 Å². The van der Waals surface area contributed by atoms with Crippen molar-refractivity contribution in [1.29, 1.82) is 0 Å². The molecule has 1 saturated heterocycles. The van der Waals surface area contributed by atoms with Gasteiger partial charge in [0.2, 0.25) is 0 Å². The van der Waals surface area contributed by atoms with Crippen LogP contribution in [0, 0.1) is 13.8 Å². The Morgan fingerprint density at radius 2 is 1.83 bits per heavy atom. The van der Waals surface area contributed by atoms with Crippen LogP contribution in [0.3, 0.4) is 0 Å². The minimum absolute atomic E-state index is 0.0905. The van der Waals surface area contributed by atoms with Crippen molar-refractivity contribution in [3.05, 3.63) is 70.3 Å². The molecule has 1 aliphatic rings. The number of Topliss-reactive ketones (excluding diaryl/α,β-unsaturated/α-hetero) is 1. The first-order valence-electron chi connectivity index (χ1n) is 11.7. The average Bonchev–Trinajstić information content (AvgIpc) is 3.45. The molecule has 1 aromatic carbocycles. The summed E-state index contributed by atoms with van der Waals surface area (Å²) >= 11 is 6.29. The van der Waals surface area contributed by atoms with Crippen molar-refractivity contribution in [2.24, 2.45) is 0 Å². The van der Waals surface area contributed by atoms with E-state index in [4.69, 9.17) is 11.6 Å². The number of hydrogen-bond donors (Lipinski definition) is 2. The average molecular weight is 505 g/mol. The number of hydrogen-bond acceptors (Lipinski definition) is 5. The van der Waals surface area contributed by atoms with Gasteiger partial charge in [0.05, 0.1) is 16.8 Å². The number of aromatic amines is 2. The molecule has 1 aliphatic heterocycles. The summed E-state index contributed by atoms with van der Waals surface area (Å²) in [6.45, 7) is 6.59. The van der Waals surface area contributed by atoms with Crippen LogP contribution in [0.2, 0.25) is 5.15 Å². The number of halogens is 1. The van der Waals surface area contributed by atoms with E-state index in [1.54, 1.807) is 23.1 Å². The summed E-state index contributed by atoms with van der Waals surface area (Å²) in [4.78, 5) is 57.8. The molecule has 10 heteroatoms. The summed E-state index contributed by atoms with van der Waals surface area (Å²) in [5.74, 6) is -0.807. The number of aryl methyl sites for hydroxylation is 2. The predicted octanol–water partition coefficient (Wildman–Crippen LogP) is 3.78. The Hall–Kier alpha value is -3.98. The molecule has 4 heterocycles. The number of imidazole rings is 1. The fraction of sp³-hybridized carbons (Fsp3) is 0.269. The molecule has 2 N–H and O–H groups in total. The quantitative estimate of drug-likeness (QED) is 0.249. The van der Waals surface area contributed by atoms with E-state index < -0.39 is 11.7 Å². The minimum atomic E-state index is -0.677. The first-order chi connectivity index (χ1) is 17.2. The van der Waals surface area contributed by atoms with Crippen LogP contribution >= 0.6 is 11.6 Å². The maximum atomic E-state index is 13.3. The summed E-state index contributed by atoms with van der Waals surface area (Å²) in [5.41, 5.74) is 4.05. The Bertz CT molecular complexity index is 1470. The van der Waals surface area contributed by atoms with E-state index in [0.29, 0.717) is 41.1 Å². The molecular formula is C26H25ClN6O3. The molecule has 36 heavy (non-hydrogen) atoms. The van der Waals surface area contributed by atoms with Gasteiger partial charge in [-0.05, 0) is 39.0 Å². The van der Waals surface area contributed by atoms with Crippen LogP contribution in [0.1, 0.15) is 39.0 Å². The first-order valence-corrected chi connectivity index (χ1v) is 12.0. The van der Waals surface area contributed by atoms with Gasteiger partial charge in [0, 0.05) is 48.7 Å². The molecule has 2 amide bonds. The van der Waals surface area contributed by atoms with Crippen LogP contribution in [0.25, 0.3) is 22.4 Å². The van der Waals surface area contributed by atoms with Crippen LogP contribution in [0.5, 0.6) is 0 Å². The molecule has 1 unspecified atom stereocenters. The zero-order valence-corrected chi connectivity index (χ0v) is 20.9.